The molecule has 0 spiro atoms. The Bertz CT molecular complexity index is 420. The van der Waals surface area contributed by atoms with Crippen LogP contribution in [0.1, 0.15) is 12.0 Å². The molecule has 1 aliphatic heterocycles. The Labute approximate surface area is 112 Å². The second-order valence-electron chi connectivity index (χ2n) is 4.88. The first-order chi connectivity index (χ1) is 9.17. The van der Waals surface area contributed by atoms with Gasteiger partial charge in [-0.15, -0.1) is 0 Å². The lowest BCUT2D eigenvalue weighted by molar-refractivity contribution is -0.161. The molecule has 0 amide bonds. The van der Waals surface area contributed by atoms with E-state index in [1.165, 1.54) is 0 Å². The average molecular weight is 265 g/mol. The summed E-state index contributed by atoms with van der Waals surface area (Å²) in [6.45, 7) is 1.80. The highest BCUT2D eigenvalue weighted by atomic mass is 16.5. The maximum atomic E-state index is 11.7. The van der Waals surface area contributed by atoms with E-state index < -0.39 is 0 Å². The van der Waals surface area contributed by atoms with Crippen LogP contribution in [0.4, 0.5) is 0 Å². The first-order valence-corrected chi connectivity index (χ1v) is 6.24. The van der Waals surface area contributed by atoms with Crippen molar-refractivity contribution in [2.75, 3.05) is 26.9 Å². The van der Waals surface area contributed by atoms with E-state index in [-0.39, 0.29) is 18.0 Å². The first kappa shape index (κ1) is 13.8. The number of ether oxygens (including phenoxy) is 3. The molecule has 0 bridgehead atoms. The van der Waals surface area contributed by atoms with Crippen LogP contribution in [0.15, 0.2) is 24.3 Å². The summed E-state index contributed by atoms with van der Waals surface area (Å²) in [6, 6.07) is 7.42. The number of nitrogens with two attached hydrogens (primary N) is 1. The number of carbonyl (C=O) groups excluding carboxylic acids is 1. The molecule has 2 rings (SSSR count). The fourth-order valence-electron chi connectivity index (χ4n) is 1.93. The molecule has 5 heteroatoms. The molecule has 0 radical (unpaired) electrons. The lowest BCUT2D eigenvalue weighted by atomic mass is 9.83. The molecule has 1 saturated heterocycles. The normalized spacial score (nSPS) is 16.5. The summed E-state index contributed by atoms with van der Waals surface area (Å²) in [6.07, 6.45) is 0.319. The van der Waals surface area contributed by atoms with Gasteiger partial charge in [0.2, 0.25) is 0 Å². The number of methoxy groups -OCH3 is 1. The molecule has 0 unspecified atom stereocenters. The molecule has 0 atom stereocenters. The van der Waals surface area contributed by atoms with Gasteiger partial charge in [-0.05, 0) is 17.7 Å². The number of hydrogen-bond acceptors (Lipinski definition) is 5. The lowest BCUT2D eigenvalue weighted by Gasteiger charge is -2.39. The minimum absolute atomic E-state index is 0.211. The van der Waals surface area contributed by atoms with E-state index in [0.717, 1.165) is 11.3 Å². The molecule has 1 heterocycles. The Kier molecular flexibility index (Phi) is 4.39. The van der Waals surface area contributed by atoms with Gasteiger partial charge in [0, 0.05) is 12.0 Å². The van der Waals surface area contributed by atoms with Crippen LogP contribution in [0.2, 0.25) is 0 Å². The van der Waals surface area contributed by atoms with E-state index in [1.807, 2.05) is 24.3 Å². The molecule has 2 N–H and O–H groups in total. The fourth-order valence-corrected chi connectivity index (χ4v) is 1.93. The predicted molar refractivity (Wildman–Crippen MR) is 69.7 cm³/mol. The molecule has 104 valence electrons. The number of rotatable bonds is 6. The van der Waals surface area contributed by atoms with Crippen LogP contribution >= 0.6 is 0 Å². The third kappa shape index (κ3) is 3.45. The smallest absolute Gasteiger partial charge is 0.306 e. The van der Waals surface area contributed by atoms with E-state index in [9.17, 15) is 4.79 Å². The van der Waals surface area contributed by atoms with Crippen molar-refractivity contribution in [3.8, 4) is 5.75 Å². The number of carbonyl (C=O) groups is 1. The second-order valence-corrected chi connectivity index (χ2v) is 4.88. The highest BCUT2D eigenvalue weighted by Gasteiger charge is 2.39. The Morgan fingerprint density at radius 2 is 2.05 bits per heavy atom. The summed E-state index contributed by atoms with van der Waals surface area (Å²) in [5, 5.41) is 0. The zero-order valence-electron chi connectivity index (χ0n) is 11.1. The van der Waals surface area contributed by atoms with Gasteiger partial charge in [-0.2, -0.15) is 0 Å². The SMILES string of the molecule is COc1ccc(COC(=O)CC2(CN)COC2)cc1. The third-order valence-electron chi connectivity index (χ3n) is 3.33. The lowest BCUT2D eigenvalue weighted by Crippen LogP contribution is -2.49. The van der Waals surface area contributed by atoms with Gasteiger partial charge in [0.1, 0.15) is 12.4 Å². The monoisotopic (exact) mass is 265 g/mol. The Morgan fingerprint density at radius 3 is 2.53 bits per heavy atom. The van der Waals surface area contributed by atoms with E-state index in [0.29, 0.717) is 26.2 Å². The molecule has 1 aliphatic rings. The van der Waals surface area contributed by atoms with Crippen molar-refractivity contribution in [2.24, 2.45) is 11.1 Å². The van der Waals surface area contributed by atoms with Crippen molar-refractivity contribution in [2.45, 2.75) is 13.0 Å². The zero-order valence-corrected chi connectivity index (χ0v) is 11.1. The van der Waals surface area contributed by atoms with Crippen LogP contribution < -0.4 is 10.5 Å². The topological polar surface area (TPSA) is 70.8 Å². The van der Waals surface area contributed by atoms with Gasteiger partial charge in [0.05, 0.1) is 26.7 Å². The Morgan fingerprint density at radius 1 is 1.37 bits per heavy atom. The van der Waals surface area contributed by atoms with Gasteiger partial charge in [-0.25, -0.2) is 0 Å². The van der Waals surface area contributed by atoms with Gasteiger partial charge in [-0.1, -0.05) is 12.1 Å². The Balaban J connectivity index is 1.79. The van der Waals surface area contributed by atoms with Gasteiger partial charge in [0.25, 0.3) is 0 Å². The molecule has 5 nitrogen and oxygen atoms in total. The second kappa shape index (κ2) is 6.04. The van der Waals surface area contributed by atoms with Gasteiger partial charge in [0.15, 0.2) is 0 Å². The molecule has 1 fully saturated rings. The van der Waals surface area contributed by atoms with Crippen molar-refractivity contribution in [1.29, 1.82) is 0 Å². The maximum Gasteiger partial charge on any atom is 0.306 e. The van der Waals surface area contributed by atoms with E-state index in [1.54, 1.807) is 7.11 Å². The van der Waals surface area contributed by atoms with Crippen LogP contribution in [0.3, 0.4) is 0 Å². The molecule has 1 aromatic carbocycles. The van der Waals surface area contributed by atoms with Crippen LogP contribution in [-0.4, -0.2) is 32.8 Å². The largest absolute Gasteiger partial charge is 0.497 e. The van der Waals surface area contributed by atoms with Crippen LogP contribution in [0.5, 0.6) is 5.75 Å². The van der Waals surface area contributed by atoms with Crippen LogP contribution in [-0.2, 0) is 20.9 Å². The van der Waals surface area contributed by atoms with Crippen LogP contribution in [0.25, 0.3) is 0 Å². The zero-order chi connectivity index (χ0) is 13.7. The maximum absolute atomic E-state index is 11.7. The summed E-state index contributed by atoms with van der Waals surface area (Å²) in [5.74, 6) is 0.549. The highest BCUT2D eigenvalue weighted by Crippen LogP contribution is 2.30. The van der Waals surface area contributed by atoms with Crippen molar-refractivity contribution in [3.05, 3.63) is 29.8 Å². The Hall–Kier alpha value is -1.59. The van der Waals surface area contributed by atoms with E-state index >= 15 is 0 Å². The van der Waals surface area contributed by atoms with Crippen LogP contribution in [0, 0.1) is 5.41 Å². The first-order valence-electron chi connectivity index (χ1n) is 6.24. The molecule has 1 aromatic rings. The van der Waals surface area contributed by atoms with E-state index in [4.69, 9.17) is 19.9 Å². The minimum Gasteiger partial charge on any atom is -0.497 e. The van der Waals surface area contributed by atoms with E-state index in [2.05, 4.69) is 0 Å². The quantitative estimate of drug-likeness (QED) is 0.780. The fraction of sp³-hybridized carbons (Fsp3) is 0.500. The van der Waals surface area contributed by atoms with Gasteiger partial charge < -0.3 is 19.9 Å². The molecule has 19 heavy (non-hydrogen) atoms. The van der Waals surface area contributed by atoms with Gasteiger partial charge in [-0.3, -0.25) is 4.79 Å². The summed E-state index contributed by atoms with van der Waals surface area (Å²) in [4.78, 5) is 11.7. The van der Waals surface area contributed by atoms with Crippen molar-refractivity contribution >= 4 is 5.97 Å². The molecule has 0 aliphatic carbocycles. The standard InChI is InChI=1S/C14H19NO4/c1-17-12-4-2-11(3-5-12)7-19-13(16)6-14(8-15)9-18-10-14/h2-5H,6-10,15H2,1H3. The van der Waals surface area contributed by atoms with Gasteiger partial charge >= 0.3 is 5.97 Å². The third-order valence-corrected chi connectivity index (χ3v) is 3.33. The average Bonchev–Trinajstić information content (AvgIpc) is 2.41. The van der Waals surface area contributed by atoms with Crippen molar-refractivity contribution < 1.29 is 19.0 Å². The summed E-state index contributed by atoms with van der Waals surface area (Å²) < 4.78 is 15.4. The molecular weight excluding hydrogens is 246 g/mol. The number of hydrogen-bond donors (Lipinski definition) is 1. The number of esters is 1. The van der Waals surface area contributed by atoms with Crippen molar-refractivity contribution in [3.63, 3.8) is 0 Å². The highest BCUT2D eigenvalue weighted by molar-refractivity contribution is 5.70. The molecular formula is C14H19NO4. The number of benzene rings is 1. The minimum atomic E-state index is -0.232. The molecule has 0 saturated carbocycles. The molecule has 0 aromatic heterocycles. The van der Waals surface area contributed by atoms with Crippen molar-refractivity contribution in [1.82, 2.24) is 0 Å². The summed E-state index contributed by atoms with van der Waals surface area (Å²) in [5.41, 5.74) is 6.37. The summed E-state index contributed by atoms with van der Waals surface area (Å²) in [7, 11) is 1.61. The summed E-state index contributed by atoms with van der Waals surface area (Å²) >= 11 is 0. The predicted octanol–water partition coefficient (Wildman–Crippen LogP) is 1.10.